The van der Waals surface area contributed by atoms with Gasteiger partial charge in [-0.3, -0.25) is 0 Å². The molecule has 1 fully saturated rings. The van der Waals surface area contributed by atoms with Crippen LogP contribution < -0.4 is 5.32 Å². The molecule has 1 aliphatic carbocycles. The van der Waals surface area contributed by atoms with Crippen LogP contribution in [-0.2, 0) is 0 Å². The van der Waals surface area contributed by atoms with Gasteiger partial charge >= 0.3 is 0 Å². The summed E-state index contributed by atoms with van der Waals surface area (Å²) in [5, 5.41) is 13.3. The molecular formula is C16H24FNO. The van der Waals surface area contributed by atoms with Crippen LogP contribution >= 0.6 is 0 Å². The Balaban J connectivity index is 1.97. The average molecular weight is 265 g/mol. The summed E-state index contributed by atoms with van der Waals surface area (Å²) >= 11 is 0. The van der Waals surface area contributed by atoms with Gasteiger partial charge in [0.1, 0.15) is 11.6 Å². The van der Waals surface area contributed by atoms with Crippen LogP contribution in [0.25, 0.3) is 0 Å². The summed E-state index contributed by atoms with van der Waals surface area (Å²) < 4.78 is 13.0. The molecular weight excluding hydrogens is 241 g/mol. The highest BCUT2D eigenvalue weighted by molar-refractivity contribution is 5.34. The molecule has 2 nitrogen and oxygen atoms in total. The first kappa shape index (κ1) is 14.3. The van der Waals surface area contributed by atoms with E-state index in [0.717, 1.165) is 11.5 Å². The van der Waals surface area contributed by atoms with Gasteiger partial charge in [-0.25, -0.2) is 4.39 Å². The molecule has 0 bridgehead atoms. The molecule has 0 aliphatic heterocycles. The van der Waals surface area contributed by atoms with Gasteiger partial charge in [0, 0.05) is 23.7 Å². The number of phenolic OH excluding ortho intramolecular Hbond substituents is 1. The van der Waals surface area contributed by atoms with Crippen LogP contribution in [-0.4, -0.2) is 11.1 Å². The molecule has 1 aromatic rings. The number of rotatable bonds is 4. The summed E-state index contributed by atoms with van der Waals surface area (Å²) in [4.78, 5) is 0. The lowest BCUT2D eigenvalue weighted by Gasteiger charge is -2.31. The topological polar surface area (TPSA) is 32.3 Å². The van der Waals surface area contributed by atoms with Gasteiger partial charge in [-0.05, 0) is 38.7 Å². The van der Waals surface area contributed by atoms with Crippen molar-refractivity contribution in [2.24, 2.45) is 5.92 Å². The normalized spacial score (nSPS) is 20.2. The molecule has 2 unspecified atom stereocenters. The molecule has 0 radical (unpaired) electrons. The number of hydrogen-bond donors (Lipinski definition) is 2. The number of phenols is 1. The summed E-state index contributed by atoms with van der Waals surface area (Å²) in [6.07, 6.45) is 6.59. The van der Waals surface area contributed by atoms with Crippen molar-refractivity contribution < 1.29 is 9.50 Å². The Morgan fingerprint density at radius 3 is 2.53 bits per heavy atom. The van der Waals surface area contributed by atoms with Gasteiger partial charge in [0.25, 0.3) is 0 Å². The zero-order valence-corrected chi connectivity index (χ0v) is 11.8. The monoisotopic (exact) mass is 265 g/mol. The Labute approximate surface area is 115 Å². The zero-order chi connectivity index (χ0) is 13.8. The molecule has 0 heterocycles. The maximum atomic E-state index is 13.0. The number of aromatic hydroxyl groups is 1. The first-order chi connectivity index (χ1) is 9.08. The molecule has 1 saturated carbocycles. The van der Waals surface area contributed by atoms with Gasteiger partial charge in [0.15, 0.2) is 0 Å². The third-order valence-electron chi connectivity index (χ3n) is 4.33. The van der Waals surface area contributed by atoms with Crippen LogP contribution in [0.5, 0.6) is 5.75 Å². The third kappa shape index (κ3) is 3.69. The Bertz CT molecular complexity index is 415. The quantitative estimate of drug-likeness (QED) is 0.857. The van der Waals surface area contributed by atoms with Crippen LogP contribution in [0.1, 0.15) is 57.6 Å². The highest BCUT2D eigenvalue weighted by atomic mass is 19.1. The predicted molar refractivity (Wildman–Crippen MR) is 75.7 cm³/mol. The fourth-order valence-corrected chi connectivity index (χ4v) is 3.14. The molecule has 0 saturated heterocycles. The lowest BCUT2D eigenvalue weighted by atomic mass is 9.84. The van der Waals surface area contributed by atoms with Gasteiger partial charge < -0.3 is 10.4 Å². The Kier molecular flexibility index (Phi) is 4.81. The second-order valence-corrected chi connectivity index (χ2v) is 5.78. The molecule has 1 aliphatic rings. The lowest BCUT2D eigenvalue weighted by Crippen LogP contribution is -2.36. The minimum Gasteiger partial charge on any atom is -0.508 e. The standard InChI is InChI=1S/C16H24FNO/c1-11(13-6-4-3-5-7-13)18-12(2)15-9-8-14(17)10-16(15)19/h8-13,18-19H,3-7H2,1-2H3. The van der Waals surface area contributed by atoms with E-state index in [4.69, 9.17) is 0 Å². The number of halogens is 1. The first-order valence-electron chi connectivity index (χ1n) is 7.32. The highest BCUT2D eigenvalue weighted by Gasteiger charge is 2.22. The van der Waals surface area contributed by atoms with Crippen molar-refractivity contribution in [3.05, 3.63) is 29.6 Å². The van der Waals surface area contributed by atoms with Gasteiger partial charge in [0.2, 0.25) is 0 Å². The molecule has 106 valence electrons. The summed E-state index contributed by atoms with van der Waals surface area (Å²) in [5.41, 5.74) is 0.768. The van der Waals surface area contributed by atoms with E-state index in [0.29, 0.717) is 6.04 Å². The fraction of sp³-hybridized carbons (Fsp3) is 0.625. The highest BCUT2D eigenvalue weighted by Crippen LogP contribution is 2.29. The number of benzene rings is 1. The van der Waals surface area contributed by atoms with E-state index in [2.05, 4.69) is 12.2 Å². The minimum atomic E-state index is -0.395. The molecule has 2 N–H and O–H groups in total. The van der Waals surface area contributed by atoms with E-state index in [-0.39, 0.29) is 11.8 Å². The second-order valence-electron chi connectivity index (χ2n) is 5.78. The number of nitrogens with one attached hydrogen (secondary N) is 1. The summed E-state index contributed by atoms with van der Waals surface area (Å²) in [6, 6.07) is 4.71. The largest absolute Gasteiger partial charge is 0.508 e. The van der Waals surface area contributed by atoms with Crippen molar-refractivity contribution in [1.82, 2.24) is 5.32 Å². The van der Waals surface area contributed by atoms with E-state index >= 15 is 0 Å². The van der Waals surface area contributed by atoms with Gasteiger partial charge in [-0.2, -0.15) is 0 Å². The van der Waals surface area contributed by atoms with Crippen LogP contribution in [0.15, 0.2) is 18.2 Å². The van der Waals surface area contributed by atoms with E-state index in [1.165, 1.54) is 44.2 Å². The van der Waals surface area contributed by atoms with E-state index in [1.54, 1.807) is 6.07 Å². The maximum absolute atomic E-state index is 13.0. The first-order valence-corrected chi connectivity index (χ1v) is 7.32. The van der Waals surface area contributed by atoms with Gasteiger partial charge in [0.05, 0.1) is 0 Å². The van der Waals surface area contributed by atoms with Crippen LogP contribution in [0.3, 0.4) is 0 Å². The predicted octanol–water partition coefficient (Wildman–Crippen LogP) is 4.15. The molecule has 0 spiro atoms. The Morgan fingerprint density at radius 2 is 1.89 bits per heavy atom. The van der Waals surface area contributed by atoms with Gasteiger partial charge in [-0.15, -0.1) is 0 Å². The van der Waals surface area contributed by atoms with E-state index in [9.17, 15) is 9.50 Å². The lowest BCUT2D eigenvalue weighted by molar-refractivity contribution is 0.267. The van der Waals surface area contributed by atoms with Crippen molar-refractivity contribution in [3.63, 3.8) is 0 Å². The molecule has 19 heavy (non-hydrogen) atoms. The molecule has 1 aromatic carbocycles. The minimum absolute atomic E-state index is 0.0378. The average Bonchev–Trinajstić information content (AvgIpc) is 2.39. The zero-order valence-electron chi connectivity index (χ0n) is 11.8. The van der Waals surface area contributed by atoms with Crippen LogP contribution in [0.4, 0.5) is 4.39 Å². The van der Waals surface area contributed by atoms with Crippen molar-refractivity contribution in [2.45, 2.75) is 58.0 Å². The summed E-state index contributed by atoms with van der Waals surface area (Å²) in [5.74, 6) is 0.364. The molecule has 0 amide bonds. The van der Waals surface area contributed by atoms with Crippen molar-refractivity contribution in [2.75, 3.05) is 0 Å². The number of hydrogen-bond acceptors (Lipinski definition) is 2. The molecule has 2 rings (SSSR count). The van der Waals surface area contributed by atoms with E-state index in [1.807, 2.05) is 6.92 Å². The molecule has 0 aromatic heterocycles. The second kappa shape index (κ2) is 6.38. The summed E-state index contributed by atoms with van der Waals surface area (Å²) in [6.45, 7) is 4.24. The Hall–Kier alpha value is -1.09. The van der Waals surface area contributed by atoms with Crippen molar-refractivity contribution in [1.29, 1.82) is 0 Å². The van der Waals surface area contributed by atoms with Crippen molar-refractivity contribution in [3.8, 4) is 5.75 Å². The Morgan fingerprint density at radius 1 is 1.21 bits per heavy atom. The fourth-order valence-electron chi connectivity index (χ4n) is 3.14. The van der Waals surface area contributed by atoms with Gasteiger partial charge in [-0.1, -0.05) is 25.3 Å². The van der Waals surface area contributed by atoms with E-state index < -0.39 is 5.82 Å². The smallest absolute Gasteiger partial charge is 0.126 e. The molecule has 3 heteroatoms. The van der Waals surface area contributed by atoms with Crippen LogP contribution in [0.2, 0.25) is 0 Å². The molecule has 2 atom stereocenters. The maximum Gasteiger partial charge on any atom is 0.126 e. The van der Waals surface area contributed by atoms with Crippen LogP contribution in [0, 0.1) is 11.7 Å². The SMILES string of the molecule is CC(NC(C)C1CCCCC1)c1ccc(F)cc1O. The van der Waals surface area contributed by atoms with Crippen molar-refractivity contribution >= 4 is 0 Å². The summed E-state index contributed by atoms with van der Waals surface area (Å²) in [7, 11) is 0. The third-order valence-corrected chi connectivity index (χ3v) is 4.33.